The highest BCUT2D eigenvalue weighted by Gasteiger charge is 2.18. The summed E-state index contributed by atoms with van der Waals surface area (Å²) < 4.78 is 31.3. The fourth-order valence-electron chi connectivity index (χ4n) is 1.62. The van der Waals surface area contributed by atoms with Gasteiger partial charge in [-0.25, -0.2) is 13.1 Å². The molecule has 140 valence electrons. The summed E-state index contributed by atoms with van der Waals surface area (Å²) in [4.78, 5) is 0.116. The van der Waals surface area contributed by atoms with Crippen LogP contribution in [0.15, 0.2) is 33.7 Å². The first kappa shape index (κ1) is 20.9. The molecule has 9 nitrogen and oxygen atoms in total. The number of nitrogen functional groups attached to an aromatic ring is 1. The highest BCUT2D eigenvalue weighted by molar-refractivity contribution is 7.92. The number of hydrogen-bond acceptors (Lipinski definition) is 8. The SMILES string of the molecule is Cc1noc(NS(=O)(=O)c2ccc(N)cc2)c1C.OCCNCCO. The Morgan fingerprint density at radius 1 is 1.12 bits per heavy atom. The summed E-state index contributed by atoms with van der Waals surface area (Å²) in [6.07, 6.45) is 0. The molecule has 0 unspecified atom stereocenters. The van der Waals surface area contributed by atoms with Gasteiger partial charge in [-0.15, -0.1) is 0 Å². The summed E-state index contributed by atoms with van der Waals surface area (Å²) in [6.45, 7) is 4.88. The lowest BCUT2D eigenvalue weighted by Gasteiger charge is -2.05. The van der Waals surface area contributed by atoms with Crippen LogP contribution in [-0.2, 0) is 10.0 Å². The number of aliphatic hydroxyl groups excluding tert-OH is 2. The summed E-state index contributed by atoms with van der Waals surface area (Å²) in [5.41, 5.74) is 7.31. The number of benzene rings is 1. The van der Waals surface area contributed by atoms with E-state index in [1.54, 1.807) is 13.8 Å². The lowest BCUT2D eigenvalue weighted by molar-refractivity contribution is 0.266. The van der Waals surface area contributed by atoms with Crippen molar-refractivity contribution < 1.29 is 23.2 Å². The lowest BCUT2D eigenvalue weighted by atomic mass is 10.3. The molecule has 10 heteroatoms. The third-order valence-corrected chi connectivity index (χ3v) is 4.50. The smallest absolute Gasteiger partial charge is 0.264 e. The minimum absolute atomic E-state index is 0.116. The van der Waals surface area contributed by atoms with Crippen LogP contribution in [0.2, 0.25) is 0 Å². The average Bonchev–Trinajstić information content (AvgIpc) is 2.88. The molecule has 2 aromatic rings. The highest BCUT2D eigenvalue weighted by atomic mass is 32.2. The number of sulfonamides is 1. The van der Waals surface area contributed by atoms with Crippen LogP contribution in [0.5, 0.6) is 0 Å². The predicted molar refractivity (Wildman–Crippen MR) is 94.7 cm³/mol. The monoisotopic (exact) mass is 372 g/mol. The molecule has 0 aliphatic carbocycles. The van der Waals surface area contributed by atoms with Crippen LogP contribution in [0, 0.1) is 13.8 Å². The van der Waals surface area contributed by atoms with E-state index in [1.165, 1.54) is 24.3 Å². The zero-order valence-corrected chi connectivity index (χ0v) is 15.0. The van der Waals surface area contributed by atoms with Gasteiger partial charge in [0, 0.05) is 24.3 Å². The Morgan fingerprint density at radius 2 is 1.68 bits per heavy atom. The highest BCUT2D eigenvalue weighted by Crippen LogP contribution is 2.22. The molecule has 0 bridgehead atoms. The molecule has 25 heavy (non-hydrogen) atoms. The van der Waals surface area contributed by atoms with Gasteiger partial charge in [0.1, 0.15) is 0 Å². The maximum atomic E-state index is 12.0. The molecule has 6 N–H and O–H groups in total. The molecule has 0 saturated carbocycles. The predicted octanol–water partition coefficient (Wildman–Crippen LogP) is 0.235. The number of aliphatic hydroxyl groups is 2. The van der Waals surface area contributed by atoms with Crippen molar-refractivity contribution >= 4 is 21.6 Å². The molecule has 1 aromatic heterocycles. The molecule has 1 heterocycles. The average molecular weight is 372 g/mol. The number of aryl methyl sites for hydroxylation is 1. The molecule has 0 amide bonds. The third-order valence-electron chi connectivity index (χ3n) is 3.15. The molecular formula is C15H24N4O5S. The molecular weight excluding hydrogens is 348 g/mol. The normalized spacial score (nSPS) is 10.9. The van der Waals surface area contributed by atoms with Crippen molar-refractivity contribution in [1.29, 1.82) is 0 Å². The first-order chi connectivity index (χ1) is 11.8. The Kier molecular flexibility index (Phi) is 8.35. The third kappa shape index (κ3) is 6.70. The van der Waals surface area contributed by atoms with Crippen LogP contribution < -0.4 is 15.8 Å². The van der Waals surface area contributed by atoms with E-state index in [1.807, 2.05) is 0 Å². The Bertz CT molecular complexity index is 740. The van der Waals surface area contributed by atoms with Crippen LogP contribution in [0.1, 0.15) is 11.3 Å². The van der Waals surface area contributed by atoms with Gasteiger partial charge in [-0.05, 0) is 38.1 Å². The zero-order chi connectivity index (χ0) is 18.9. The lowest BCUT2D eigenvalue weighted by Crippen LogP contribution is -2.21. The topological polar surface area (TPSA) is 151 Å². The Balaban J connectivity index is 0.000000381. The molecule has 0 atom stereocenters. The van der Waals surface area contributed by atoms with E-state index in [4.69, 9.17) is 20.5 Å². The molecule has 1 aromatic carbocycles. The van der Waals surface area contributed by atoms with Crippen molar-refractivity contribution in [2.45, 2.75) is 18.7 Å². The molecule has 0 aliphatic rings. The van der Waals surface area contributed by atoms with E-state index in [2.05, 4.69) is 15.2 Å². The summed E-state index contributed by atoms with van der Waals surface area (Å²) >= 11 is 0. The van der Waals surface area contributed by atoms with Gasteiger partial charge in [-0.3, -0.25) is 0 Å². The molecule has 0 radical (unpaired) electrons. The van der Waals surface area contributed by atoms with Crippen molar-refractivity contribution in [1.82, 2.24) is 10.5 Å². The maximum Gasteiger partial charge on any atom is 0.264 e. The summed E-state index contributed by atoms with van der Waals surface area (Å²) in [5.74, 6) is 0.129. The fraction of sp³-hybridized carbons (Fsp3) is 0.400. The van der Waals surface area contributed by atoms with Gasteiger partial charge in [0.05, 0.1) is 23.8 Å². The number of anilines is 2. The van der Waals surface area contributed by atoms with Crippen molar-refractivity contribution in [3.63, 3.8) is 0 Å². The quantitative estimate of drug-likeness (QED) is 0.342. The van der Waals surface area contributed by atoms with Crippen molar-refractivity contribution in [3.8, 4) is 0 Å². The van der Waals surface area contributed by atoms with Crippen molar-refractivity contribution in [3.05, 3.63) is 35.5 Å². The first-order valence-corrected chi connectivity index (χ1v) is 9.03. The number of hydrogen-bond donors (Lipinski definition) is 5. The van der Waals surface area contributed by atoms with Gasteiger partial charge in [-0.1, -0.05) is 5.16 Å². The standard InChI is InChI=1S/C11H13N3O3S.C4H11NO2/c1-7-8(2)13-17-11(7)14-18(15,16)10-5-3-9(12)4-6-10;6-3-1-5-2-4-7/h3-6,14H,12H2,1-2H3;5-7H,1-4H2. The Labute approximate surface area is 146 Å². The summed E-state index contributed by atoms with van der Waals surface area (Å²) in [5, 5.41) is 22.8. The minimum Gasteiger partial charge on any atom is -0.399 e. The fourth-order valence-corrected chi connectivity index (χ4v) is 2.67. The molecule has 0 fully saturated rings. The summed E-state index contributed by atoms with van der Waals surface area (Å²) in [7, 11) is -3.68. The van der Waals surface area contributed by atoms with Gasteiger partial charge in [0.2, 0.25) is 5.88 Å². The van der Waals surface area contributed by atoms with E-state index in [9.17, 15) is 8.42 Å². The zero-order valence-electron chi connectivity index (χ0n) is 14.2. The van der Waals surface area contributed by atoms with Crippen LogP contribution in [0.3, 0.4) is 0 Å². The summed E-state index contributed by atoms with van der Waals surface area (Å²) in [6, 6.07) is 5.90. The van der Waals surface area contributed by atoms with Crippen LogP contribution in [0.25, 0.3) is 0 Å². The molecule has 0 aliphatic heterocycles. The van der Waals surface area contributed by atoms with Gasteiger partial charge in [0.15, 0.2) is 0 Å². The second-order valence-electron chi connectivity index (χ2n) is 5.09. The molecule has 0 spiro atoms. The van der Waals surface area contributed by atoms with E-state index < -0.39 is 10.0 Å². The van der Waals surface area contributed by atoms with E-state index in [-0.39, 0.29) is 24.0 Å². The Morgan fingerprint density at radius 3 is 2.12 bits per heavy atom. The number of nitrogens with zero attached hydrogens (tertiary/aromatic N) is 1. The largest absolute Gasteiger partial charge is 0.399 e. The van der Waals surface area contributed by atoms with Gasteiger partial charge >= 0.3 is 0 Å². The number of aromatic nitrogens is 1. The first-order valence-electron chi connectivity index (χ1n) is 7.55. The Hall–Kier alpha value is -2.14. The number of rotatable bonds is 7. The van der Waals surface area contributed by atoms with Crippen molar-refractivity contribution in [2.24, 2.45) is 0 Å². The van der Waals surface area contributed by atoms with E-state index in [0.29, 0.717) is 30.0 Å². The van der Waals surface area contributed by atoms with E-state index in [0.717, 1.165) is 0 Å². The number of nitrogens with two attached hydrogens (primary N) is 1. The number of nitrogens with one attached hydrogen (secondary N) is 2. The maximum absolute atomic E-state index is 12.0. The van der Waals surface area contributed by atoms with Gasteiger partial charge < -0.3 is 25.8 Å². The van der Waals surface area contributed by atoms with Crippen LogP contribution >= 0.6 is 0 Å². The van der Waals surface area contributed by atoms with E-state index >= 15 is 0 Å². The van der Waals surface area contributed by atoms with Crippen molar-refractivity contribution in [2.75, 3.05) is 36.8 Å². The van der Waals surface area contributed by atoms with Crippen LogP contribution in [0.4, 0.5) is 11.6 Å². The van der Waals surface area contributed by atoms with Crippen LogP contribution in [-0.4, -0.2) is 50.1 Å². The molecule has 0 saturated heterocycles. The van der Waals surface area contributed by atoms with Gasteiger partial charge in [0.25, 0.3) is 10.0 Å². The molecule has 2 rings (SSSR count). The van der Waals surface area contributed by atoms with Gasteiger partial charge in [-0.2, -0.15) is 0 Å². The second kappa shape index (κ2) is 9.99. The second-order valence-corrected chi connectivity index (χ2v) is 6.78. The minimum atomic E-state index is -3.68.